The molecule has 2 aliphatic rings. The van der Waals surface area contributed by atoms with E-state index in [4.69, 9.17) is 19.5 Å². The van der Waals surface area contributed by atoms with Gasteiger partial charge in [-0.1, -0.05) is 48.5 Å². The number of hydrogen-bond donors (Lipinski definition) is 3. The number of benzene rings is 2. The van der Waals surface area contributed by atoms with Crippen molar-refractivity contribution < 1.29 is 24.2 Å². The summed E-state index contributed by atoms with van der Waals surface area (Å²) in [6.07, 6.45) is 3.84. The number of amides is 2. The van der Waals surface area contributed by atoms with Gasteiger partial charge >= 0.3 is 6.09 Å². The standard InChI is InChI=1S/C30H33IN4O5/c1-30(2,3)40-16-15-39-22-12-9-20(10-13-22)26(35-29(37)38)28(36)34-25(17-19-7-5-4-6-8-19)27-32-23-14-11-21(31)18-24(23)33-27/h4-13,18,25-26,35H,14-17H2,1-3H3,(H,34,36)(H,37,38)/t25-,26+/m0/s1. The Bertz CT molecular complexity index is 1340. The molecule has 1 aliphatic heterocycles. The first-order valence-corrected chi connectivity index (χ1v) is 14.1. The Morgan fingerprint density at radius 3 is 2.42 bits per heavy atom. The van der Waals surface area contributed by atoms with Crippen molar-refractivity contribution in [2.45, 2.75) is 51.3 Å². The van der Waals surface area contributed by atoms with Gasteiger partial charge in [-0.25, -0.2) is 14.8 Å². The molecule has 0 saturated carbocycles. The van der Waals surface area contributed by atoms with Gasteiger partial charge in [0.05, 0.1) is 29.7 Å². The Balaban J connectivity index is 1.51. The third-order valence-corrected chi connectivity index (χ3v) is 6.84. The number of halogens is 1. The molecule has 210 valence electrons. The van der Waals surface area contributed by atoms with Crippen molar-refractivity contribution >= 4 is 46.1 Å². The zero-order chi connectivity index (χ0) is 28.7. The van der Waals surface area contributed by atoms with E-state index < -0.39 is 24.1 Å². The van der Waals surface area contributed by atoms with Crippen LogP contribution in [0, 0.1) is 0 Å². The minimum Gasteiger partial charge on any atom is -0.491 e. The van der Waals surface area contributed by atoms with E-state index in [1.165, 1.54) is 0 Å². The zero-order valence-electron chi connectivity index (χ0n) is 22.7. The Kier molecular flexibility index (Phi) is 9.75. The lowest BCUT2D eigenvalue weighted by molar-refractivity contribution is -0.123. The van der Waals surface area contributed by atoms with Gasteiger partial charge in [-0.05, 0) is 79.1 Å². The third kappa shape index (κ3) is 8.49. The van der Waals surface area contributed by atoms with Crippen LogP contribution in [0.5, 0.6) is 5.75 Å². The first-order valence-electron chi connectivity index (χ1n) is 13.0. The highest BCUT2D eigenvalue weighted by molar-refractivity contribution is 14.1. The predicted molar refractivity (Wildman–Crippen MR) is 163 cm³/mol. The fourth-order valence-corrected chi connectivity index (χ4v) is 4.73. The minimum absolute atomic E-state index is 0.255. The van der Waals surface area contributed by atoms with Gasteiger partial charge in [0.25, 0.3) is 0 Å². The van der Waals surface area contributed by atoms with Gasteiger partial charge in [0.2, 0.25) is 5.91 Å². The fourth-order valence-electron chi connectivity index (χ4n) is 4.21. The molecule has 0 spiro atoms. The minimum atomic E-state index is -1.31. The number of ether oxygens (including phenoxy) is 2. The second-order valence-electron chi connectivity index (χ2n) is 10.4. The van der Waals surface area contributed by atoms with Gasteiger partial charge in [-0.15, -0.1) is 0 Å². The topological polar surface area (TPSA) is 122 Å². The van der Waals surface area contributed by atoms with E-state index in [0.29, 0.717) is 43.2 Å². The number of hydrogen-bond acceptors (Lipinski definition) is 6. The molecule has 0 fully saturated rings. The number of nitrogens with one attached hydrogen (secondary N) is 2. The maximum Gasteiger partial charge on any atom is 0.405 e. The Hall–Kier alpha value is -3.51. The van der Waals surface area contributed by atoms with Crippen LogP contribution in [-0.4, -0.2) is 53.5 Å². The average Bonchev–Trinajstić information content (AvgIpc) is 3.33. The van der Waals surface area contributed by atoms with Gasteiger partial charge in [0.1, 0.15) is 18.4 Å². The van der Waals surface area contributed by atoms with Crippen LogP contribution < -0.4 is 15.4 Å². The van der Waals surface area contributed by atoms with E-state index in [9.17, 15) is 14.7 Å². The molecule has 2 atom stereocenters. The molecular formula is C30H33IN4O5. The SMILES string of the molecule is CC(C)(C)OCCOc1ccc([C@@H](NC(=O)O)C(=O)N[C@@H](Cc2ccccc2)C2=NC3=CC(I)=CCC3=N2)cc1. The van der Waals surface area contributed by atoms with Crippen molar-refractivity contribution in [3.63, 3.8) is 0 Å². The predicted octanol–water partition coefficient (Wildman–Crippen LogP) is 5.38. The monoisotopic (exact) mass is 656 g/mol. The van der Waals surface area contributed by atoms with Crippen LogP contribution in [-0.2, 0) is 16.0 Å². The second kappa shape index (κ2) is 13.2. The van der Waals surface area contributed by atoms with Crippen molar-refractivity contribution in [3.8, 4) is 5.75 Å². The van der Waals surface area contributed by atoms with E-state index in [1.807, 2.05) is 57.2 Å². The first kappa shape index (κ1) is 29.5. The molecule has 1 aliphatic carbocycles. The summed E-state index contributed by atoms with van der Waals surface area (Å²) in [6.45, 7) is 6.72. The smallest absolute Gasteiger partial charge is 0.405 e. The lowest BCUT2D eigenvalue weighted by Gasteiger charge is -2.23. The van der Waals surface area contributed by atoms with Crippen molar-refractivity contribution in [2.24, 2.45) is 9.98 Å². The number of rotatable bonds is 11. The Morgan fingerprint density at radius 2 is 1.75 bits per heavy atom. The van der Waals surface area contributed by atoms with Crippen molar-refractivity contribution in [3.05, 3.63) is 87.2 Å². The Morgan fingerprint density at radius 1 is 1.02 bits per heavy atom. The highest BCUT2D eigenvalue weighted by Crippen LogP contribution is 2.26. The van der Waals surface area contributed by atoms with E-state index in [1.54, 1.807) is 24.3 Å². The maximum atomic E-state index is 13.6. The normalized spacial score (nSPS) is 16.0. The number of amidine groups is 1. The summed E-state index contributed by atoms with van der Waals surface area (Å²) in [5, 5.41) is 14.9. The van der Waals surface area contributed by atoms with Crippen LogP contribution in [0.2, 0.25) is 0 Å². The number of carbonyl (C=O) groups excluding carboxylic acids is 1. The number of carbonyl (C=O) groups is 2. The van der Waals surface area contributed by atoms with Crippen LogP contribution >= 0.6 is 22.6 Å². The number of nitrogens with zero attached hydrogens (tertiary/aromatic N) is 2. The summed E-state index contributed by atoms with van der Waals surface area (Å²) in [7, 11) is 0. The lowest BCUT2D eigenvalue weighted by Crippen LogP contribution is -2.47. The summed E-state index contributed by atoms with van der Waals surface area (Å²) in [6, 6.07) is 14.8. The Labute approximate surface area is 247 Å². The summed E-state index contributed by atoms with van der Waals surface area (Å²) in [5.74, 6) is 0.580. The molecule has 2 aromatic rings. The molecular weight excluding hydrogens is 623 g/mol. The quantitative estimate of drug-likeness (QED) is 0.222. The molecule has 3 N–H and O–H groups in total. The first-order chi connectivity index (χ1) is 19.1. The molecule has 0 bridgehead atoms. The van der Waals surface area contributed by atoms with Gasteiger partial charge in [0.15, 0.2) is 5.84 Å². The molecule has 2 amide bonds. The molecule has 4 rings (SSSR count). The van der Waals surface area contributed by atoms with Gasteiger partial charge in [0, 0.05) is 10.0 Å². The molecule has 40 heavy (non-hydrogen) atoms. The average molecular weight is 657 g/mol. The van der Waals surface area contributed by atoms with Crippen molar-refractivity contribution in [1.29, 1.82) is 0 Å². The molecule has 1 heterocycles. The summed E-state index contributed by atoms with van der Waals surface area (Å²) >= 11 is 2.25. The van der Waals surface area contributed by atoms with Crippen LogP contribution in [0.15, 0.2) is 86.0 Å². The highest BCUT2D eigenvalue weighted by Gasteiger charge is 2.30. The largest absolute Gasteiger partial charge is 0.491 e. The van der Waals surface area contributed by atoms with Crippen LogP contribution in [0.4, 0.5) is 4.79 Å². The molecule has 9 nitrogen and oxygen atoms in total. The molecule has 0 aromatic heterocycles. The summed E-state index contributed by atoms with van der Waals surface area (Å²) < 4.78 is 12.5. The molecule has 0 saturated heterocycles. The summed E-state index contributed by atoms with van der Waals surface area (Å²) in [4.78, 5) is 34.7. The number of carboxylic acid groups (broad SMARTS) is 1. The molecule has 0 radical (unpaired) electrons. The number of fused-ring (bicyclic) bond motifs is 1. The van der Waals surface area contributed by atoms with Crippen molar-refractivity contribution in [2.75, 3.05) is 13.2 Å². The van der Waals surface area contributed by atoms with E-state index in [-0.39, 0.29) is 5.60 Å². The van der Waals surface area contributed by atoms with Gasteiger partial charge < -0.3 is 25.2 Å². The van der Waals surface area contributed by atoms with E-state index >= 15 is 0 Å². The van der Waals surface area contributed by atoms with E-state index in [0.717, 1.165) is 20.6 Å². The van der Waals surface area contributed by atoms with E-state index in [2.05, 4.69) is 39.3 Å². The number of allylic oxidation sites excluding steroid dienone is 4. The van der Waals surface area contributed by atoms with Gasteiger partial charge in [-0.3, -0.25) is 4.79 Å². The van der Waals surface area contributed by atoms with Crippen LogP contribution in [0.3, 0.4) is 0 Å². The zero-order valence-corrected chi connectivity index (χ0v) is 24.8. The highest BCUT2D eigenvalue weighted by atomic mass is 127. The van der Waals surface area contributed by atoms with Crippen LogP contribution in [0.1, 0.15) is 44.4 Å². The fraction of sp³-hybridized carbons (Fsp3) is 0.333. The molecule has 0 unspecified atom stereocenters. The third-order valence-electron chi connectivity index (χ3n) is 6.09. The van der Waals surface area contributed by atoms with Crippen LogP contribution in [0.25, 0.3) is 0 Å². The van der Waals surface area contributed by atoms with Gasteiger partial charge in [-0.2, -0.15) is 0 Å². The lowest BCUT2D eigenvalue weighted by atomic mass is 10.0. The molecule has 2 aromatic carbocycles. The maximum absolute atomic E-state index is 13.6. The molecule has 10 heteroatoms. The number of aliphatic imine (C=N–C) groups is 2. The second-order valence-corrected chi connectivity index (χ2v) is 11.6. The summed E-state index contributed by atoms with van der Waals surface area (Å²) in [5.41, 5.74) is 2.86. The van der Waals surface area contributed by atoms with Crippen molar-refractivity contribution in [1.82, 2.24) is 10.6 Å².